The molecule has 0 saturated carbocycles. The maximum atomic E-state index is 5.19. The number of methoxy groups -OCH3 is 1. The van der Waals surface area contributed by atoms with Crippen LogP contribution in [0.1, 0.15) is 32.3 Å². The summed E-state index contributed by atoms with van der Waals surface area (Å²) in [6, 6.07) is 8.33. The van der Waals surface area contributed by atoms with E-state index in [-0.39, 0.29) is 0 Å². The van der Waals surface area contributed by atoms with Crippen LogP contribution in [0.3, 0.4) is 0 Å². The molecule has 0 radical (unpaired) electrons. The molecule has 23 heavy (non-hydrogen) atoms. The van der Waals surface area contributed by atoms with Gasteiger partial charge in [0.05, 0.1) is 7.11 Å². The summed E-state index contributed by atoms with van der Waals surface area (Å²) in [6.45, 7) is 7.85. The highest BCUT2D eigenvalue weighted by Gasteiger charge is 2.23. The first-order valence-corrected chi connectivity index (χ1v) is 8.71. The molecule has 1 aromatic carbocycles. The molecule has 1 N–H and O–H groups in total. The number of hydrogen-bond donors (Lipinski definition) is 1. The van der Waals surface area contributed by atoms with Crippen molar-refractivity contribution in [3.05, 3.63) is 29.8 Å². The number of ether oxygens (including phenoxy) is 1. The van der Waals surface area contributed by atoms with Gasteiger partial charge in [-0.1, -0.05) is 26.0 Å². The van der Waals surface area contributed by atoms with Gasteiger partial charge in [-0.25, -0.2) is 0 Å². The summed E-state index contributed by atoms with van der Waals surface area (Å²) >= 11 is 0. The number of nitrogens with one attached hydrogen (secondary N) is 1. The second-order valence-electron chi connectivity index (χ2n) is 6.78. The zero-order valence-corrected chi connectivity index (χ0v) is 15.0. The molecule has 1 saturated heterocycles. The minimum atomic E-state index is 0.747. The summed E-state index contributed by atoms with van der Waals surface area (Å²) in [6.07, 6.45) is 3.50. The highest BCUT2D eigenvalue weighted by molar-refractivity contribution is 5.80. The Morgan fingerprint density at radius 1 is 1.22 bits per heavy atom. The first-order valence-electron chi connectivity index (χ1n) is 8.71. The van der Waals surface area contributed by atoms with Gasteiger partial charge in [0.25, 0.3) is 0 Å². The van der Waals surface area contributed by atoms with E-state index in [9.17, 15) is 0 Å². The zero-order valence-electron chi connectivity index (χ0n) is 15.0. The Labute approximate surface area is 140 Å². The van der Waals surface area contributed by atoms with Crippen molar-refractivity contribution < 1.29 is 4.74 Å². The molecule has 1 fully saturated rings. The van der Waals surface area contributed by atoms with Crippen molar-refractivity contribution in [1.82, 2.24) is 10.2 Å². The molecule has 2 unspecified atom stereocenters. The van der Waals surface area contributed by atoms with Crippen LogP contribution in [0, 0.1) is 11.8 Å². The molecule has 0 aliphatic carbocycles. The quantitative estimate of drug-likeness (QED) is 0.515. The van der Waals surface area contributed by atoms with E-state index >= 15 is 0 Å². The molecule has 2 rings (SSSR count). The van der Waals surface area contributed by atoms with Crippen molar-refractivity contribution >= 4 is 5.96 Å². The van der Waals surface area contributed by atoms with E-state index in [1.54, 1.807) is 7.11 Å². The van der Waals surface area contributed by atoms with Crippen molar-refractivity contribution in [2.75, 3.05) is 33.8 Å². The lowest BCUT2D eigenvalue weighted by molar-refractivity contribution is 0.208. The number of likely N-dealkylation sites (tertiary alicyclic amines) is 1. The van der Waals surface area contributed by atoms with E-state index in [1.165, 1.54) is 12.0 Å². The van der Waals surface area contributed by atoms with Gasteiger partial charge in [0.2, 0.25) is 0 Å². The summed E-state index contributed by atoms with van der Waals surface area (Å²) in [5.41, 5.74) is 1.35. The SMILES string of the molecule is CN=C(NCCCc1ccc(OC)cc1)N1CC(C)CC(C)C1. The summed E-state index contributed by atoms with van der Waals surface area (Å²) in [7, 11) is 3.59. The molecular weight excluding hydrogens is 286 g/mol. The smallest absolute Gasteiger partial charge is 0.193 e. The number of nitrogens with zero attached hydrogens (tertiary/aromatic N) is 2. The Balaban J connectivity index is 1.75. The molecule has 128 valence electrons. The van der Waals surface area contributed by atoms with Crippen molar-refractivity contribution in [3.8, 4) is 5.75 Å². The van der Waals surface area contributed by atoms with E-state index in [4.69, 9.17) is 4.74 Å². The van der Waals surface area contributed by atoms with E-state index in [2.05, 4.69) is 41.2 Å². The Bertz CT molecular complexity index is 488. The van der Waals surface area contributed by atoms with Gasteiger partial charge in [-0.05, 0) is 48.8 Å². The van der Waals surface area contributed by atoms with Gasteiger partial charge in [0.15, 0.2) is 5.96 Å². The van der Waals surface area contributed by atoms with Gasteiger partial charge in [-0.3, -0.25) is 4.99 Å². The lowest BCUT2D eigenvalue weighted by Crippen LogP contribution is -2.48. The van der Waals surface area contributed by atoms with Crippen LogP contribution >= 0.6 is 0 Å². The first kappa shape index (κ1) is 17.6. The number of aliphatic imine (C=N–C) groups is 1. The average molecular weight is 317 g/mol. The molecule has 4 heteroatoms. The Hall–Kier alpha value is -1.71. The third kappa shape index (κ3) is 5.45. The lowest BCUT2D eigenvalue weighted by Gasteiger charge is -2.37. The molecule has 1 aromatic rings. The second-order valence-corrected chi connectivity index (χ2v) is 6.78. The van der Waals surface area contributed by atoms with Crippen molar-refractivity contribution in [3.63, 3.8) is 0 Å². The fourth-order valence-electron chi connectivity index (χ4n) is 3.45. The zero-order chi connectivity index (χ0) is 16.7. The van der Waals surface area contributed by atoms with Gasteiger partial charge in [0, 0.05) is 26.7 Å². The molecule has 2 atom stereocenters. The predicted molar refractivity (Wildman–Crippen MR) is 97.2 cm³/mol. The Kier molecular flexibility index (Phi) is 6.75. The number of aryl methyl sites for hydroxylation is 1. The van der Waals surface area contributed by atoms with Gasteiger partial charge in [-0.2, -0.15) is 0 Å². The van der Waals surface area contributed by atoms with Gasteiger partial charge in [0.1, 0.15) is 5.75 Å². The monoisotopic (exact) mass is 317 g/mol. The summed E-state index contributed by atoms with van der Waals surface area (Å²) in [5.74, 6) is 3.46. The van der Waals surface area contributed by atoms with Crippen LogP contribution in [0.4, 0.5) is 0 Å². The van der Waals surface area contributed by atoms with Crippen molar-refractivity contribution in [1.29, 1.82) is 0 Å². The summed E-state index contributed by atoms with van der Waals surface area (Å²) in [5, 5.41) is 3.52. The number of benzene rings is 1. The van der Waals surface area contributed by atoms with Crippen LogP contribution in [-0.4, -0.2) is 44.7 Å². The molecule has 0 amide bonds. The number of hydrogen-bond acceptors (Lipinski definition) is 2. The average Bonchev–Trinajstić information content (AvgIpc) is 2.54. The Morgan fingerprint density at radius 3 is 2.43 bits per heavy atom. The fourth-order valence-corrected chi connectivity index (χ4v) is 3.45. The summed E-state index contributed by atoms with van der Waals surface area (Å²) < 4.78 is 5.19. The normalized spacial score (nSPS) is 22.1. The standard InChI is InChI=1S/C19H31N3O/c1-15-12-16(2)14-22(13-15)19(20-3)21-11-5-6-17-7-9-18(23-4)10-8-17/h7-10,15-16H,5-6,11-14H2,1-4H3,(H,20,21). The maximum absolute atomic E-state index is 5.19. The lowest BCUT2D eigenvalue weighted by atomic mass is 9.92. The molecule has 1 aliphatic heterocycles. The van der Waals surface area contributed by atoms with Gasteiger partial charge in [-0.15, -0.1) is 0 Å². The number of piperidine rings is 1. The molecule has 1 aliphatic rings. The fraction of sp³-hybridized carbons (Fsp3) is 0.632. The molecule has 4 nitrogen and oxygen atoms in total. The van der Waals surface area contributed by atoms with E-state index in [0.717, 1.165) is 56.0 Å². The van der Waals surface area contributed by atoms with Crippen LogP contribution in [-0.2, 0) is 6.42 Å². The van der Waals surface area contributed by atoms with E-state index in [0.29, 0.717) is 0 Å². The minimum Gasteiger partial charge on any atom is -0.497 e. The summed E-state index contributed by atoms with van der Waals surface area (Å²) in [4.78, 5) is 6.87. The van der Waals surface area contributed by atoms with Crippen molar-refractivity contribution in [2.24, 2.45) is 16.8 Å². The van der Waals surface area contributed by atoms with Crippen LogP contribution in [0.2, 0.25) is 0 Å². The van der Waals surface area contributed by atoms with Gasteiger partial charge >= 0.3 is 0 Å². The molecule has 0 bridgehead atoms. The minimum absolute atomic E-state index is 0.747. The van der Waals surface area contributed by atoms with E-state index in [1.807, 2.05) is 19.2 Å². The number of rotatable bonds is 5. The first-order chi connectivity index (χ1) is 11.1. The highest BCUT2D eigenvalue weighted by Crippen LogP contribution is 2.20. The van der Waals surface area contributed by atoms with Gasteiger partial charge < -0.3 is 15.0 Å². The largest absolute Gasteiger partial charge is 0.497 e. The molecule has 1 heterocycles. The highest BCUT2D eigenvalue weighted by atomic mass is 16.5. The maximum Gasteiger partial charge on any atom is 0.193 e. The molecule has 0 spiro atoms. The van der Waals surface area contributed by atoms with Crippen LogP contribution < -0.4 is 10.1 Å². The third-order valence-electron chi connectivity index (χ3n) is 4.46. The predicted octanol–water partition coefficient (Wildman–Crippen LogP) is 3.18. The van der Waals surface area contributed by atoms with Crippen LogP contribution in [0.25, 0.3) is 0 Å². The Morgan fingerprint density at radius 2 is 1.87 bits per heavy atom. The second kappa shape index (κ2) is 8.80. The molecular formula is C19H31N3O. The third-order valence-corrected chi connectivity index (χ3v) is 4.46. The van der Waals surface area contributed by atoms with Crippen LogP contribution in [0.15, 0.2) is 29.3 Å². The van der Waals surface area contributed by atoms with E-state index < -0.39 is 0 Å². The topological polar surface area (TPSA) is 36.9 Å². The van der Waals surface area contributed by atoms with Crippen molar-refractivity contribution in [2.45, 2.75) is 33.1 Å². The van der Waals surface area contributed by atoms with Crippen LogP contribution in [0.5, 0.6) is 5.75 Å². The number of guanidine groups is 1. The molecule has 0 aromatic heterocycles.